The Hall–Kier alpha value is -4.40. The lowest BCUT2D eigenvalue weighted by atomic mass is 10.0. The number of nitrogens with zero attached hydrogens (tertiary/aromatic N) is 7. The van der Waals surface area contributed by atoms with E-state index in [0.717, 1.165) is 37.9 Å². The van der Waals surface area contributed by atoms with Gasteiger partial charge in [-0.1, -0.05) is 48.5 Å². The number of benzene rings is 2. The van der Waals surface area contributed by atoms with Gasteiger partial charge in [-0.2, -0.15) is 15.2 Å². The predicted molar refractivity (Wildman–Crippen MR) is 176 cm³/mol. The van der Waals surface area contributed by atoms with Crippen molar-refractivity contribution in [3.8, 4) is 23.3 Å². The maximum absolute atomic E-state index is 16.7. The van der Waals surface area contributed by atoms with E-state index in [1.54, 1.807) is 18.3 Å². The van der Waals surface area contributed by atoms with Crippen molar-refractivity contribution in [2.75, 3.05) is 50.8 Å². The van der Waals surface area contributed by atoms with Gasteiger partial charge in [-0.05, 0) is 50.2 Å². The Labute approximate surface area is 276 Å². The van der Waals surface area contributed by atoms with Crippen LogP contribution in [-0.4, -0.2) is 82.6 Å². The summed E-state index contributed by atoms with van der Waals surface area (Å²) in [6.45, 7) is 7.23. The molecule has 0 radical (unpaired) electrons. The molecule has 2 aliphatic heterocycles. The van der Waals surface area contributed by atoms with Gasteiger partial charge in [-0.15, -0.1) is 0 Å². The standard InChI is InChI=1S/C35H34ClF2N7O2/c1-22(37)33(46)45-17-16-44(19-24(45)10-13-39)32-26-18-40-30(25-8-4-6-23-7-5-9-27(36)28(23)25)29(38)31(26)41-34(42-32)47-21-35(11-12-35)20-43-14-2-3-15-43/h4-9,18,24H,1-3,10-12,14-17,19-21H2. The van der Waals surface area contributed by atoms with E-state index < -0.39 is 23.6 Å². The summed E-state index contributed by atoms with van der Waals surface area (Å²) in [5, 5.41) is 11.9. The fourth-order valence-corrected chi connectivity index (χ4v) is 7.20. The van der Waals surface area contributed by atoms with Crippen molar-refractivity contribution >= 4 is 45.0 Å². The maximum Gasteiger partial charge on any atom is 0.319 e. The van der Waals surface area contributed by atoms with E-state index in [1.165, 1.54) is 17.7 Å². The quantitative estimate of drug-likeness (QED) is 0.193. The van der Waals surface area contributed by atoms with E-state index in [4.69, 9.17) is 21.3 Å². The van der Waals surface area contributed by atoms with Gasteiger partial charge in [0.2, 0.25) is 0 Å². The number of anilines is 1. The smallest absolute Gasteiger partial charge is 0.319 e. The number of pyridine rings is 1. The monoisotopic (exact) mass is 657 g/mol. The molecule has 4 aromatic rings. The summed E-state index contributed by atoms with van der Waals surface area (Å²) in [5.74, 6) is -2.20. The first-order valence-electron chi connectivity index (χ1n) is 15.9. The average molecular weight is 658 g/mol. The van der Waals surface area contributed by atoms with Crippen LogP contribution in [0.5, 0.6) is 6.01 Å². The third-order valence-electron chi connectivity index (χ3n) is 9.58. The second-order valence-corrected chi connectivity index (χ2v) is 13.2. The van der Waals surface area contributed by atoms with E-state index in [0.29, 0.717) is 33.8 Å². The third-order valence-corrected chi connectivity index (χ3v) is 9.89. The summed E-state index contributed by atoms with van der Waals surface area (Å²) < 4.78 is 36.9. The normalized spacial score (nSPS) is 19.2. The van der Waals surface area contributed by atoms with Crippen LogP contribution >= 0.6 is 11.6 Å². The summed E-state index contributed by atoms with van der Waals surface area (Å²) in [4.78, 5) is 32.1. The lowest BCUT2D eigenvalue weighted by Crippen LogP contribution is -2.55. The van der Waals surface area contributed by atoms with Gasteiger partial charge in [-0.25, -0.2) is 8.78 Å². The SMILES string of the molecule is C=C(F)C(=O)N1CCN(c2nc(OCC3(CN4CCCC4)CC3)nc3c(F)c(-c4cccc5cccc(Cl)c45)ncc23)CC1CC#N. The first kappa shape index (κ1) is 31.2. The van der Waals surface area contributed by atoms with Crippen LogP contribution < -0.4 is 9.64 Å². The fraction of sp³-hybridized carbons (Fsp3) is 0.400. The minimum atomic E-state index is -1.08. The Morgan fingerprint density at radius 1 is 1.13 bits per heavy atom. The Morgan fingerprint density at radius 2 is 1.89 bits per heavy atom. The molecule has 242 valence electrons. The zero-order chi connectivity index (χ0) is 32.7. The number of carbonyl (C=O) groups excluding carboxylic acids is 1. The lowest BCUT2D eigenvalue weighted by Gasteiger charge is -2.41. The lowest BCUT2D eigenvalue weighted by molar-refractivity contribution is -0.131. The topological polar surface area (TPSA) is 98.5 Å². The van der Waals surface area contributed by atoms with Gasteiger partial charge in [0.15, 0.2) is 11.6 Å². The minimum Gasteiger partial charge on any atom is -0.463 e. The van der Waals surface area contributed by atoms with Crippen LogP contribution in [0.4, 0.5) is 14.6 Å². The number of likely N-dealkylation sites (tertiary alicyclic amines) is 1. The van der Waals surface area contributed by atoms with Crippen LogP contribution in [0.15, 0.2) is 55.0 Å². The molecule has 2 aromatic carbocycles. The molecule has 12 heteroatoms. The summed E-state index contributed by atoms with van der Waals surface area (Å²) in [6.07, 6.45) is 6.01. The number of amides is 1. The highest BCUT2D eigenvalue weighted by atomic mass is 35.5. The van der Waals surface area contributed by atoms with Gasteiger partial charge >= 0.3 is 6.01 Å². The van der Waals surface area contributed by atoms with E-state index in [-0.39, 0.29) is 48.7 Å². The number of ether oxygens (including phenoxy) is 1. The van der Waals surface area contributed by atoms with Crippen LogP contribution in [0.2, 0.25) is 5.02 Å². The highest BCUT2D eigenvalue weighted by Crippen LogP contribution is 2.47. The fourth-order valence-electron chi connectivity index (χ4n) is 6.92. The first-order valence-corrected chi connectivity index (χ1v) is 16.3. The molecule has 2 saturated heterocycles. The van der Waals surface area contributed by atoms with Crippen LogP contribution in [0.3, 0.4) is 0 Å². The van der Waals surface area contributed by atoms with Gasteiger partial charge in [0, 0.05) is 53.8 Å². The van der Waals surface area contributed by atoms with Crippen molar-refractivity contribution in [2.45, 2.75) is 38.1 Å². The molecule has 0 bridgehead atoms. The Morgan fingerprint density at radius 3 is 2.62 bits per heavy atom. The largest absolute Gasteiger partial charge is 0.463 e. The van der Waals surface area contributed by atoms with Crippen LogP contribution in [0.25, 0.3) is 32.9 Å². The molecule has 1 unspecified atom stereocenters. The minimum absolute atomic E-state index is 0.0170. The second kappa shape index (κ2) is 12.7. The average Bonchev–Trinajstić information content (AvgIpc) is 3.64. The Kier molecular flexibility index (Phi) is 8.41. The molecule has 1 atom stereocenters. The molecule has 2 aromatic heterocycles. The highest BCUT2D eigenvalue weighted by molar-refractivity contribution is 6.36. The molecular weight excluding hydrogens is 624 g/mol. The van der Waals surface area contributed by atoms with Crippen molar-refractivity contribution in [3.63, 3.8) is 0 Å². The summed E-state index contributed by atoms with van der Waals surface area (Å²) >= 11 is 6.59. The highest BCUT2D eigenvalue weighted by Gasteiger charge is 2.45. The second-order valence-electron chi connectivity index (χ2n) is 12.8. The van der Waals surface area contributed by atoms with Crippen LogP contribution in [0.1, 0.15) is 32.1 Å². The van der Waals surface area contributed by atoms with Crippen molar-refractivity contribution in [3.05, 3.63) is 65.8 Å². The number of piperazine rings is 1. The van der Waals surface area contributed by atoms with Crippen LogP contribution in [0, 0.1) is 22.6 Å². The van der Waals surface area contributed by atoms with Gasteiger partial charge in [0.1, 0.15) is 17.0 Å². The van der Waals surface area contributed by atoms with E-state index in [1.807, 2.05) is 29.2 Å². The van der Waals surface area contributed by atoms with Crippen molar-refractivity contribution in [1.82, 2.24) is 24.8 Å². The van der Waals surface area contributed by atoms with E-state index >= 15 is 4.39 Å². The molecule has 1 saturated carbocycles. The van der Waals surface area contributed by atoms with Gasteiger partial charge < -0.3 is 19.4 Å². The molecule has 9 nitrogen and oxygen atoms in total. The molecule has 47 heavy (non-hydrogen) atoms. The summed E-state index contributed by atoms with van der Waals surface area (Å²) in [5.41, 5.74) is 0.684. The molecule has 3 fully saturated rings. The van der Waals surface area contributed by atoms with Crippen molar-refractivity contribution in [1.29, 1.82) is 5.26 Å². The zero-order valence-corrected chi connectivity index (χ0v) is 26.6. The Balaban J connectivity index is 1.29. The number of nitriles is 1. The number of hydrogen-bond acceptors (Lipinski definition) is 8. The van der Waals surface area contributed by atoms with Crippen molar-refractivity contribution in [2.24, 2.45) is 5.41 Å². The molecule has 4 heterocycles. The first-order chi connectivity index (χ1) is 22.8. The summed E-state index contributed by atoms with van der Waals surface area (Å²) in [7, 11) is 0. The van der Waals surface area contributed by atoms with E-state index in [2.05, 4.69) is 27.5 Å². The zero-order valence-electron chi connectivity index (χ0n) is 25.9. The van der Waals surface area contributed by atoms with Gasteiger partial charge in [0.25, 0.3) is 5.91 Å². The maximum atomic E-state index is 16.7. The molecule has 3 aliphatic rings. The molecule has 7 rings (SSSR count). The Bertz CT molecular complexity index is 1920. The number of halogens is 3. The number of aromatic nitrogens is 3. The number of carbonyl (C=O) groups is 1. The molecule has 0 spiro atoms. The molecule has 1 aliphatic carbocycles. The molecular formula is C35H34ClF2N7O2. The number of hydrogen-bond donors (Lipinski definition) is 0. The predicted octanol–water partition coefficient (Wildman–Crippen LogP) is 6.31. The summed E-state index contributed by atoms with van der Waals surface area (Å²) in [6, 6.07) is 12.5. The van der Waals surface area contributed by atoms with E-state index in [9.17, 15) is 14.4 Å². The van der Waals surface area contributed by atoms with Gasteiger partial charge in [-0.3, -0.25) is 9.78 Å². The van der Waals surface area contributed by atoms with Crippen LogP contribution in [-0.2, 0) is 4.79 Å². The molecule has 1 amide bonds. The molecule has 0 N–H and O–H groups in total. The van der Waals surface area contributed by atoms with Crippen molar-refractivity contribution < 1.29 is 18.3 Å². The van der Waals surface area contributed by atoms with Gasteiger partial charge in [0.05, 0.1) is 30.5 Å². The third kappa shape index (κ3) is 6.08. The number of rotatable bonds is 9. The number of fused-ring (bicyclic) bond motifs is 2.